The number of aromatic nitrogens is 1. The molecule has 30 heavy (non-hydrogen) atoms. The van der Waals surface area contributed by atoms with Crippen molar-refractivity contribution in [3.8, 4) is 17.0 Å². The van der Waals surface area contributed by atoms with Gasteiger partial charge in [-0.25, -0.2) is 4.98 Å². The Morgan fingerprint density at radius 2 is 1.83 bits per heavy atom. The van der Waals surface area contributed by atoms with E-state index in [0.717, 1.165) is 23.1 Å². The van der Waals surface area contributed by atoms with Gasteiger partial charge in [0.25, 0.3) is 5.91 Å². The Labute approximate surface area is 175 Å². The Kier molecular flexibility index (Phi) is 5.23. The number of nitrogens with two attached hydrogens (primary N) is 1. The van der Waals surface area contributed by atoms with E-state index >= 15 is 0 Å². The molecule has 1 unspecified atom stereocenters. The Morgan fingerprint density at radius 1 is 1.10 bits per heavy atom. The molecule has 0 spiro atoms. The topological polar surface area (TPSA) is 94.3 Å². The maximum Gasteiger partial charge on any atom is 0.264 e. The van der Waals surface area contributed by atoms with Crippen LogP contribution in [0.3, 0.4) is 0 Å². The molecule has 0 fully saturated rings. The van der Waals surface area contributed by atoms with Crippen LogP contribution in [0.1, 0.15) is 28.4 Å². The van der Waals surface area contributed by atoms with Gasteiger partial charge >= 0.3 is 0 Å². The Hall–Kier alpha value is -3.67. The lowest BCUT2D eigenvalue weighted by molar-refractivity contribution is -0.134. The monoisotopic (exact) mass is 401 g/mol. The van der Waals surface area contributed by atoms with Crippen molar-refractivity contribution >= 4 is 11.8 Å². The van der Waals surface area contributed by atoms with Gasteiger partial charge in [0.05, 0.1) is 0 Å². The molecule has 6 heteroatoms. The number of rotatable bonds is 6. The third kappa shape index (κ3) is 3.89. The van der Waals surface area contributed by atoms with Gasteiger partial charge in [-0.2, -0.15) is 0 Å². The number of pyridine rings is 1. The first-order chi connectivity index (χ1) is 14.5. The van der Waals surface area contributed by atoms with Crippen LogP contribution in [-0.4, -0.2) is 28.9 Å². The zero-order valence-corrected chi connectivity index (χ0v) is 16.7. The minimum Gasteiger partial charge on any atom is -0.461 e. The third-order valence-corrected chi connectivity index (χ3v) is 5.36. The van der Waals surface area contributed by atoms with Gasteiger partial charge in [0, 0.05) is 30.3 Å². The normalized spacial score (nSPS) is 17.1. The van der Waals surface area contributed by atoms with Crippen LogP contribution in [0.25, 0.3) is 11.1 Å². The van der Waals surface area contributed by atoms with Crippen LogP contribution in [0, 0.1) is 0 Å². The Balaban J connectivity index is 1.48. The highest BCUT2D eigenvalue weighted by Gasteiger charge is 2.43. The molecule has 1 atom stereocenters. The Bertz CT molecular complexity index is 1080. The van der Waals surface area contributed by atoms with Gasteiger partial charge in [-0.1, -0.05) is 42.5 Å². The molecule has 3 aromatic rings. The van der Waals surface area contributed by atoms with Crippen molar-refractivity contribution in [3.63, 3.8) is 0 Å². The molecule has 0 saturated heterocycles. The molecule has 2 amide bonds. The molecule has 0 aliphatic carbocycles. The number of hydrogen-bond donors (Lipinski definition) is 2. The summed E-state index contributed by atoms with van der Waals surface area (Å²) >= 11 is 0. The second-order valence-electron chi connectivity index (χ2n) is 7.59. The van der Waals surface area contributed by atoms with Crippen LogP contribution in [0.15, 0.2) is 66.9 Å². The molecular formula is C24H23N3O3. The van der Waals surface area contributed by atoms with Gasteiger partial charge in [0.15, 0.2) is 5.60 Å². The van der Waals surface area contributed by atoms with E-state index < -0.39 is 11.5 Å². The van der Waals surface area contributed by atoms with Gasteiger partial charge in [0.2, 0.25) is 11.8 Å². The average Bonchev–Trinajstić information content (AvgIpc) is 3.12. The summed E-state index contributed by atoms with van der Waals surface area (Å²) in [7, 11) is 0. The average molecular weight is 401 g/mol. The summed E-state index contributed by atoms with van der Waals surface area (Å²) < 4.78 is 5.99. The van der Waals surface area contributed by atoms with E-state index in [1.807, 2.05) is 48.5 Å². The van der Waals surface area contributed by atoms with Gasteiger partial charge < -0.3 is 15.8 Å². The van der Waals surface area contributed by atoms with Crippen LogP contribution in [0.4, 0.5) is 0 Å². The van der Waals surface area contributed by atoms with Gasteiger partial charge in [-0.05, 0) is 48.2 Å². The third-order valence-electron chi connectivity index (χ3n) is 5.36. The van der Waals surface area contributed by atoms with Crippen LogP contribution in [-0.2, 0) is 17.6 Å². The van der Waals surface area contributed by atoms with Gasteiger partial charge in [-0.3, -0.25) is 9.59 Å². The zero-order chi connectivity index (χ0) is 21.1. The number of primary amides is 1. The fourth-order valence-corrected chi connectivity index (χ4v) is 3.68. The van der Waals surface area contributed by atoms with Crippen molar-refractivity contribution in [3.05, 3.63) is 83.6 Å². The van der Waals surface area contributed by atoms with E-state index in [4.69, 9.17) is 10.5 Å². The largest absolute Gasteiger partial charge is 0.461 e. The molecule has 1 aromatic heterocycles. The van der Waals surface area contributed by atoms with Gasteiger partial charge in [-0.15, -0.1) is 0 Å². The predicted molar refractivity (Wildman–Crippen MR) is 114 cm³/mol. The summed E-state index contributed by atoms with van der Waals surface area (Å²) in [5.41, 5.74) is 8.64. The molecule has 0 saturated carbocycles. The number of nitrogens with zero attached hydrogens (tertiary/aromatic N) is 1. The number of carbonyl (C=O) groups excluding carboxylic acids is 2. The fourth-order valence-electron chi connectivity index (χ4n) is 3.68. The lowest BCUT2D eigenvalue weighted by atomic mass is 9.93. The van der Waals surface area contributed by atoms with Crippen LogP contribution < -0.4 is 15.8 Å². The maximum absolute atomic E-state index is 12.9. The number of ether oxygens (including phenoxy) is 1. The highest BCUT2D eigenvalue weighted by molar-refractivity contribution is 5.93. The maximum atomic E-state index is 12.9. The first kappa shape index (κ1) is 19.6. The van der Waals surface area contributed by atoms with Crippen LogP contribution in [0.2, 0.25) is 0 Å². The van der Waals surface area contributed by atoms with Crippen molar-refractivity contribution < 1.29 is 14.3 Å². The SMILES string of the molecule is CC1(C(=O)NCCc2ccccc2)Cc2c(-c3ccc(C(N)=O)cc3)ccnc2O1. The lowest BCUT2D eigenvalue weighted by Gasteiger charge is -2.22. The number of nitrogens with one attached hydrogen (secondary N) is 1. The van der Waals surface area contributed by atoms with Crippen molar-refractivity contribution in [1.29, 1.82) is 0 Å². The molecule has 1 aliphatic heterocycles. The first-order valence-electron chi connectivity index (χ1n) is 9.86. The number of hydrogen-bond acceptors (Lipinski definition) is 4. The summed E-state index contributed by atoms with van der Waals surface area (Å²) in [4.78, 5) is 28.5. The van der Waals surface area contributed by atoms with Crippen molar-refractivity contribution in [2.45, 2.75) is 25.4 Å². The molecular weight excluding hydrogens is 378 g/mol. The molecule has 2 aromatic carbocycles. The molecule has 3 N–H and O–H groups in total. The smallest absolute Gasteiger partial charge is 0.264 e. The summed E-state index contributed by atoms with van der Waals surface area (Å²) in [6.45, 7) is 2.32. The van der Waals surface area contributed by atoms with E-state index in [2.05, 4.69) is 10.3 Å². The van der Waals surface area contributed by atoms with Gasteiger partial charge in [0.1, 0.15) is 0 Å². The Morgan fingerprint density at radius 3 is 2.53 bits per heavy atom. The first-order valence-corrected chi connectivity index (χ1v) is 9.86. The molecule has 1 aliphatic rings. The molecule has 152 valence electrons. The molecule has 0 radical (unpaired) electrons. The van der Waals surface area contributed by atoms with Crippen molar-refractivity contribution in [1.82, 2.24) is 10.3 Å². The van der Waals surface area contributed by atoms with Crippen LogP contribution >= 0.6 is 0 Å². The van der Waals surface area contributed by atoms with E-state index in [-0.39, 0.29) is 5.91 Å². The number of benzene rings is 2. The number of carbonyl (C=O) groups is 2. The molecule has 6 nitrogen and oxygen atoms in total. The molecule has 2 heterocycles. The van der Waals surface area contributed by atoms with Crippen LogP contribution in [0.5, 0.6) is 5.88 Å². The number of amides is 2. The summed E-state index contributed by atoms with van der Waals surface area (Å²) in [6.07, 6.45) is 2.83. The highest BCUT2D eigenvalue weighted by Crippen LogP contribution is 2.39. The summed E-state index contributed by atoms with van der Waals surface area (Å²) in [5, 5.41) is 2.98. The van der Waals surface area contributed by atoms with E-state index in [0.29, 0.717) is 24.4 Å². The fraction of sp³-hybridized carbons (Fsp3) is 0.208. The second kappa shape index (κ2) is 7.99. The minimum atomic E-state index is -1.02. The zero-order valence-electron chi connectivity index (χ0n) is 16.7. The second-order valence-corrected chi connectivity index (χ2v) is 7.59. The van der Waals surface area contributed by atoms with Crippen molar-refractivity contribution in [2.75, 3.05) is 6.54 Å². The predicted octanol–water partition coefficient (Wildman–Crippen LogP) is 2.90. The van der Waals surface area contributed by atoms with E-state index in [1.165, 1.54) is 5.56 Å². The lowest BCUT2D eigenvalue weighted by Crippen LogP contribution is -2.48. The summed E-state index contributed by atoms with van der Waals surface area (Å²) in [6, 6.07) is 19.0. The van der Waals surface area contributed by atoms with E-state index in [1.54, 1.807) is 25.3 Å². The number of fused-ring (bicyclic) bond motifs is 1. The highest BCUT2D eigenvalue weighted by atomic mass is 16.5. The van der Waals surface area contributed by atoms with E-state index in [9.17, 15) is 9.59 Å². The standard InChI is InChI=1S/C24H23N3O3/c1-24(23(29)27-13-11-16-5-3-2-4-6-16)15-20-19(12-14-26-22(20)30-24)17-7-9-18(10-8-17)21(25)28/h2-10,12,14H,11,13,15H2,1H3,(H2,25,28)(H,27,29). The molecule has 0 bridgehead atoms. The minimum absolute atomic E-state index is 0.161. The molecule has 4 rings (SSSR count). The summed E-state index contributed by atoms with van der Waals surface area (Å²) in [5.74, 6) is -0.164. The van der Waals surface area contributed by atoms with Crippen molar-refractivity contribution in [2.24, 2.45) is 5.73 Å². The quantitative estimate of drug-likeness (QED) is 0.664.